The molecule has 3 rings (SSSR count). The summed E-state index contributed by atoms with van der Waals surface area (Å²) in [6.07, 6.45) is 3.24. The van der Waals surface area contributed by atoms with Gasteiger partial charge in [-0.1, -0.05) is 26.0 Å². The number of nitrogens with one attached hydrogen (secondary N) is 1. The van der Waals surface area contributed by atoms with Gasteiger partial charge in [-0.3, -0.25) is 9.59 Å². The topological polar surface area (TPSA) is 77.1 Å². The third-order valence-corrected chi connectivity index (χ3v) is 5.82. The first-order valence-corrected chi connectivity index (χ1v) is 11.5. The maximum Gasteiger partial charge on any atom is 0.256 e. The lowest BCUT2D eigenvalue weighted by molar-refractivity contribution is -0.116. The summed E-state index contributed by atoms with van der Waals surface area (Å²) in [5.41, 5.74) is 2.04. The molecule has 1 fully saturated rings. The second-order valence-corrected chi connectivity index (χ2v) is 8.48. The number of hydrogen-bond acceptors (Lipinski definition) is 5. The summed E-state index contributed by atoms with van der Waals surface area (Å²) in [5.74, 6) is 1.71. The first-order valence-electron chi connectivity index (χ1n) is 11.5. The van der Waals surface area contributed by atoms with E-state index in [1.807, 2.05) is 29.2 Å². The normalized spacial score (nSPS) is 13.5. The SMILES string of the molecule is COc1cc(NC(=O)CCOc2ccc(C(C)C)cc2)c(C(=O)N2CCCCC2)cc1OC. The predicted octanol–water partition coefficient (Wildman–Crippen LogP) is 4.86. The number of carbonyl (C=O) groups excluding carboxylic acids is 2. The minimum atomic E-state index is -0.242. The Morgan fingerprint density at radius 2 is 1.61 bits per heavy atom. The molecule has 1 saturated heterocycles. The maximum absolute atomic E-state index is 13.2. The van der Waals surface area contributed by atoms with Gasteiger partial charge in [-0.05, 0) is 48.9 Å². The molecule has 1 aliphatic rings. The van der Waals surface area contributed by atoms with Gasteiger partial charge >= 0.3 is 0 Å². The molecule has 0 unspecified atom stereocenters. The van der Waals surface area contributed by atoms with E-state index in [1.165, 1.54) is 19.8 Å². The highest BCUT2D eigenvalue weighted by Crippen LogP contribution is 2.34. The van der Waals surface area contributed by atoms with E-state index in [2.05, 4.69) is 19.2 Å². The molecule has 1 heterocycles. The van der Waals surface area contributed by atoms with Crippen molar-refractivity contribution in [1.82, 2.24) is 4.90 Å². The van der Waals surface area contributed by atoms with Crippen LogP contribution in [0, 0.1) is 0 Å². The van der Waals surface area contributed by atoms with Gasteiger partial charge in [-0.25, -0.2) is 0 Å². The molecule has 2 aromatic carbocycles. The first kappa shape index (κ1) is 24.4. The Bertz CT molecular complexity index is 950. The summed E-state index contributed by atoms with van der Waals surface area (Å²) >= 11 is 0. The van der Waals surface area contributed by atoms with Crippen molar-refractivity contribution >= 4 is 17.5 Å². The summed E-state index contributed by atoms with van der Waals surface area (Å²) < 4.78 is 16.5. The van der Waals surface area contributed by atoms with Crippen LogP contribution in [0.15, 0.2) is 36.4 Å². The summed E-state index contributed by atoms with van der Waals surface area (Å²) in [4.78, 5) is 27.7. The number of carbonyl (C=O) groups is 2. The molecule has 33 heavy (non-hydrogen) atoms. The van der Waals surface area contributed by atoms with Gasteiger partial charge in [0.1, 0.15) is 5.75 Å². The highest BCUT2D eigenvalue weighted by Gasteiger charge is 2.24. The van der Waals surface area contributed by atoms with Crippen LogP contribution < -0.4 is 19.5 Å². The summed E-state index contributed by atoms with van der Waals surface area (Å²) in [6, 6.07) is 11.2. The van der Waals surface area contributed by atoms with Crippen molar-refractivity contribution in [2.45, 2.75) is 45.4 Å². The van der Waals surface area contributed by atoms with Crippen molar-refractivity contribution in [2.75, 3.05) is 39.2 Å². The average molecular weight is 455 g/mol. The monoisotopic (exact) mass is 454 g/mol. The van der Waals surface area contributed by atoms with E-state index >= 15 is 0 Å². The molecule has 178 valence electrons. The zero-order chi connectivity index (χ0) is 23.8. The Kier molecular flexibility index (Phi) is 8.58. The molecule has 7 heteroatoms. The van der Waals surface area contributed by atoms with Crippen LogP contribution in [0.5, 0.6) is 17.2 Å². The van der Waals surface area contributed by atoms with Crippen molar-refractivity contribution in [2.24, 2.45) is 0 Å². The average Bonchev–Trinajstić information content (AvgIpc) is 2.84. The second kappa shape index (κ2) is 11.6. The number of benzene rings is 2. The molecule has 0 saturated carbocycles. The highest BCUT2D eigenvalue weighted by molar-refractivity contribution is 6.04. The van der Waals surface area contributed by atoms with E-state index < -0.39 is 0 Å². The third-order valence-electron chi connectivity index (χ3n) is 5.82. The number of rotatable bonds is 9. The van der Waals surface area contributed by atoms with E-state index in [1.54, 1.807) is 12.1 Å². The van der Waals surface area contributed by atoms with Crippen LogP contribution >= 0.6 is 0 Å². The number of piperidine rings is 1. The lowest BCUT2D eigenvalue weighted by Crippen LogP contribution is -2.36. The van der Waals surface area contributed by atoms with E-state index in [4.69, 9.17) is 14.2 Å². The summed E-state index contributed by atoms with van der Waals surface area (Å²) in [5, 5.41) is 2.86. The largest absolute Gasteiger partial charge is 0.493 e. The number of amides is 2. The second-order valence-electron chi connectivity index (χ2n) is 8.48. The van der Waals surface area contributed by atoms with Crippen LogP contribution in [-0.4, -0.2) is 50.6 Å². The van der Waals surface area contributed by atoms with E-state index in [0.717, 1.165) is 25.0 Å². The zero-order valence-corrected chi connectivity index (χ0v) is 20.0. The molecular weight excluding hydrogens is 420 g/mol. The van der Waals surface area contributed by atoms with E-state index in [-0.39, 0.29) is 24.8 Å². The Morgan fingerprint density at radius 1 is 0.970 bits per heavy atom. The van der Waals surface area contributed by atoms with Crippen LogP contribution in [0.4, 0.5) is 5.69 Å². The number of nitrogens with zero attached hydrogens (tertiary/aromatic N) is 1. The molecule has 0 aromatic heterocycles. The van der Waals surface area contributed by atoms with E-state index in [0.29, 0.717) is 41.8 Å². The Hall–Kier alpha value is -3.22. The lowest BCUT2D eigenvalue weighted by Gasteiger charge is -2.28. The molecule has 0 aliphatic carbocycles. The van der Waals surface area contributed by atoms with Crippen molar-refractivity contribution in [3.8, 4) is 17.2 Å². The standard InChI is InChI=1S/C26H34N2O5/c1-18(2)19-8-10-20(11-9-19)33-15-12-25(29)27-22-17-24(32-4)23(31-3)16-21(22)26(30)28-13-6-5-7-14-28/h8-11,16-18H,5-7,12-15H2,1-4H3,(H,27,29). The molecule has 1 aliphatic heterocycles. The van der Waals surface area contributed by atoms with Crippen molar-refractivity contribution in [3.63, 3.8) is 0 Å². The van der Waals surface area contributed by atoms with Crippen LogP contribution in [-0.2, 0) is 4.79 Å². The fourth-order valence-electron chi connectivity index (χ4n) is 3.85. The summed E-state index contributed by atoms with van der Waals surface area (Å²) in [7, 11) is 3.05. The fourth-order valence-corrected chi connectivity index (χ4v) is 3.85. The van der Waals surface area contributed by atoms with Gasteiger partial charge in [0.2, 0.25) is 5.91 Å². The van der Waals surface area contributed by atoms with Crippen LogP contribution in [0.25, 0.3) is 0 Å². The van der Waals surface area contributed by atoms with Crippen molar-refractivity contribution in [3.05, 3.63) is 47.5 Å². The molecule has 0 bridgehead atoms. The van der Waals surface area contributed by atoms with Crippen molar-refractivity contribution < 1.29 is 23.8 Å². The molecular formula is C26H34N2O5. The first-order chi connectivity index (χ1) is 15.9. The van der Waals surface area contributed by atoms with Gasteiger partial charge in [-0.2, -0.15) is 0 Å². The predicted molar refractivity (Wildman–Crippen MR) is 129 cm³/mol. The maximum atomic E-state index is 13.2. The van der Waals surface area contributed by atoms with Gasteiger partial charge in [0.25, 0.3) is 5.91 Å². The third kappa shape index (κ3) is 6.40. The molecule has 2 amide bonds. The molecule has 0 radical (unpaired) electrons. The van der Waals surface area contributed by atoms with E-state index in [9.17, 15) is 9.59 Å². The molecule has 2 aromatic rings. The Labute approximate surface area is 196 Å². The number of likely N-dealkylation sites (tertiary alicyclic amines) is 1. The number of ether oxygens (including phenoxy) is 3. The van der Waals surface area contributed by atoms with Gasteiger partial charge in [0.05, 0.1) is 38.5 Å². The van der Waals surface area contributed by atoms with Gasteiger partial charge in [0.15, 0.2) is 11.5 Å². The zero-order valence-electron chi connectivity index (χ0n) is 20.0. The van der Waals surface area contributed by atoms with Crippen LogP contribution in [0.2, 0.25) is 0 Å². The smallest absolute Gasteiger partial charge is 0.256 e. The molecule has 0 spiro atoms. The number of methoxy groups -OCH3 is 2. The number of hydrogen-bond donors (Lipinski definition) is 1. The quantitative estimate of drug-likeness (QED) is 0.585. The van der Waals surface area contributed by atoms with Crippen LogP contribution in [0.3, 0.4) is 0 Å². The molecule has 1 N–H and O–H groups in total. The Morgan fingerprint density at radius 3 is 2.21 bits per heavy atom. The lowest BCUT2D eigenvalue weighted by atomic mass is 10.0. The van der Waals surface area contributed by atoms with Gasteiger partial charge in [-0.15, -0.1) is 0 Å². The summed E-state index contributed by atoms with van der Waals surface area (Å²) in [6.45, 7) is 5.93. The minimum absolute atomic E-state index is 0.118. The molecule has 0 atom stereocenters. The number of anilines is 1. The highest BCUT2D eigenvalue weighted by atomic mass is 16.5. The van der Waals surface area contributed by atoms with Crippen LogP contribution in [0.1, 0.15) is 61.4 Å². The van der Waals surface area contributed by atoms with Crippen molar-refractivity contribution in [1.29, 1.82) is 0 Å². The van der Waals surface area contributed by atoms with Gasteiger partial charge < -0.3 is 24.4 Å². The van der Waals surface area contributed by atoms with Gasteiger partial charge in [0, 0.05) is 19.2 Å². The minimum Gasteiger partial charge on any atom is -0.493 e. The fraction of sp³-hybridized carbons (Fsp3) is 0.462. The molecule has 7 nitrogen and oxygen atoms in total. The Balaban J connectivity index is 1.68.